The lowest BCUT2D eigenvalue weighted by atomic mass is 10.4. The molecule has 0 aliphatic carbocycles. The summed E-state index contributed by atoms with van der Waals surface area (Å²) in [5, 5.41) is 6.55. The number of nitrogens with one attached hydrogen (secondary N) is 1. The molecule has 7 heteroatoms. The van der Waals surface area contributed by atoms with Gasteiger partial charge in [0, 0.05) is 6.54 Å². The van der Waals surface area contributed by atoms with Gasteiger partial charge in [0.05, 0.1) is 19.0 Å². The Morgan fingerprint density at radius 3 is 2.94 bits per heavy atom. The summed E-state index contributed by atoms with van der Waals surface area (Å²) < 4.78 is 5.67. The summed E-state index contributed by atoms with van der Waals surface area (Å²) in [7, 11) is 1.28. The third-order valence-corrected chi connectivity index (χ3v) is 2.30. The molecule has 16 heavy (non-hydrogen) atoms. The van der Waals surface area contributed by atoms with Crippen LogP contribution in [0.4, 0.5) is 5.69 Å². The number of hydrogen-bond acceptors (Lipinski definition) is 5. The van der Waals surface area contributed by atoms with Crippen molar-refractivity contribution in [3.8, 4) is 0 Å². The second kappa shape index (κ2) is 5.50. The van der Waals surface area contributed by atoms with Gasteiger partial charge in [0.15, 0.2) is 0 Å². The Bertz CT molecular complexity index is 444. The fraction of sp³-hybridized carbons (Fsp3) is 0.444. The van der Waals surface area contributed by atoms with Crippen molar-refractivity contribution in [3.63, 3.8) is 0 Å². The maximum absolute atomic E-state index is 11.5. The van der Waals surface area contributed by atoms with Crippen molar-refractivity contribution < 1.29 is 9.53 Å². The Morgan fingerprint density at radius 1 is 1.69 bits per heavy atom. The summed E-state index contributed by atoms with van der Waals surface area (Å²) in [6.07, 6.45) is 1.40. The minimum absolute atomic E-state index is 0.0146. The summed E-state index contributed by atoms with van der Waals surface area (Å²) in [5.74, 6) is -0.448. The van der Waals surface area contributed by atoms with Gasteiger partial charge in [0.25, 0.3) is 5.56 Å². The molecule has 88 valence electrons. The number of anilines is 1. The van der Waals surface area contributed by atoms with E-state index < -0.39 is 5.97 Å². The van der Waals surface area contributed by atoms with Crippen LogP contribution in [0.2, 0.25) is 5.02 Å². The molecule has 0 unspecified atom stereocenters. The zero-order valence-corrected chi connectivity index (χ0v) is 9.74. The Labute approximate surface area is 97.2 Å². The molecule has 1 rings (SSSR count). The number of nitrogens with zero attached hydrogens (tertiary/aromatic N) is 2. The van der Waals surface area contributed by atoms with Gasteiger partial charge in [0.2, 0.25) is 0 Å². The number of aromatic nitrogens is 2. The summed E-state index contributed by atoms with van der Waals surface area (Å²) in [6.45, 7) is 2.16. The predicted molar refractivity (Wildman–Crippen MR) is 59.7 cm³/mol. The van der Waals surface area contributed by atoms with Gasteiger partial charge in [0.1, 0.15) is 11.6 Å². The molecule has 1 N–H and O–H groups in total. The van der Waals surface area contributed by atoms with Crippen LogP contribution in [0, 0.1) is 0 Å². The molecular formula is C9H12ClN3O3. The van der Waals surface area contributed by atoms with Gasteiger partial charge in [-0.25, -0.2) is 4.68 Å². The van der Waals surface area contributed by atoms with E-state index in [0.717, 1.165) is 0 Å². The van der Waals surface area contributed by atoms with Crippen molar-refractivity contribution in [2.45, 2.75) is 13.5 Å². The average Bonchev–Trinajstić information content (AvgIpc) is 2.30. The van der Waals surface area contributed by atoms with Gasteiger partial charge < -0.3 is 10.1 Å². The van der Waals surface area contributed by atoms with Crippen molar-refractivity contribution in [2.75, 3.05) is 19.0 Å². The number of carbonyl (C=O) groups excluding carboxylic acids is 1. The SMILES string of the molecule is CCn1ncc(NCC(=O)OC)c(Cl)c1=O. The van der Waals surface area contributed by atoms with Crippen molar-refractivity contribution in [1.29, 1.82) is 0 Å². The molecular weight excluding hydrogens is 234 g/mol. The molecule has 1 aromatic rings. The highest BCUT2D eigenvalue weighted by atomic mass is 35.5. The van der Waals surface area contributed by atoms with Crippen LogP contribution in [0.5, 0.6) is 0 Å². The van der Waals surface area contributed by atoms with E-state index in [1.807, 2.05) is 0 Å². The highest BCUT2D eigenvalue weighted by molar-refractivity contribution is 6.32. The predicted octanol–water partition coefficient (Wildman–Crippen LogP) is 0.501. The van der Waals surface area contributed by atoms with E-state index in [4.69, 9.17) is 11.6 Å². The Kier molecular flexibility index (Phi) is 4.30. The highest BCUT2D eigenvalue weighted by Gasteiger charge is 2.09. The van der Waals surface area contributed by atoms with Crippen molar-refractivity contribution in [3.05, 3.63) is 21.6 Å². The lowest BCUT2D eigenvalue weighted by Gasteiger charge is -2.07. The minimum atomic E-state index is -0.448. The van der Waals surface area contributed by atoms with Gasteiger partial charge in [-0.3, -0.25) is 9.59 Å². The number of hydrogen-bond donors (Lipinski definition) is 1. The zero-order valence-electron chi connectivity index (χ0n) is 8.99. The number of carbonyl (C=O) groups is 1. The van der Waals surface area contributed by atoms with Crippen LogP contribution in [0.3, 0.4) is 0 Å². The molecule has 1 heterocycles. The summed E-state index contributed by atoms with van der Waals surface area (Å²) in [4.78, 5) is 22.4. The van der Waals surface area contributed by atoms with Crippen LogP contribution in [-0.4, -0.2) is 29.4 Å². The molecule has 0 amide bonds. The normalized spacial score (nSPS) is 9.94. The minimum Gasteiger partial charge on any atom is -0.468 e. The lowest BCUT2D eigenvalue weighted by Crippen LogP contribution is -2.24. The Balaban J connectivity index is 2.87. The first-order valence-electron chi connectivity index (χ1n) is 4.66. The number of methoxy groups -OCH3 is 1. The van der Waals surface area contributed by atoms with Crippen molar-refractivity contribution >= 4 is 23.3 Å². The average molecular weight is 246 g/mol. The standard InChI is InChI=1S/C9H12ClN3O3/c1-3-13-9(15)8(10)6(4-12-13)11-5-7(14)16-2/h4,11H,3,5H2,1-2H3. The van der Waals surface area contributed by atoms with Crippen LogP contribution in [0.25, 0.3) is 0 Å². The summed E-state index contributed by atoms with van der Waals surface area (Å²) >= 11 is 5.82. The second-order valence-electron chi connectivity index (χ2n) is 2.92. The van der Waals surface area contributed by atoms with Crippen LogP contribution in [0.1, 0.15) is 6.92 Å². The van der Waals surface area contributed by atoms with Crippen LogP contribution in [0.15, 0.2) is 11.0 Å². The highest BCUT2D eigenvalue weighted by Crippen LogP contribution is 2.14. The molecule has 0 saturated carbocycles. The van der Waals surface area contributed by atoms with E-state index in [1.165, 1.54) is 18.0 Å². The molecule has 0 spiro atoms. The van der Waals surface area contributed by atoms with Gasteiger partial charge in [-0.2, -0.15) is 5.10 Å². The van der Waals surface area contributed by atoms with Gasteiger partial charge in [-0.15, -0.1) is 0 Å². The Hall–Kier alpha value is -1.56. The largest absolute Gasteiger partial charge is 0.468 e. The molecule has 0 radical (unpaired) electrons. The van der Waals surface area contributed by atoms with Crippen LogP contribution >= 0.6 is 11.6 Å². The first-order valence-corrected chi connectivity index (χ1v) is 5.04. The quantitative estimate of drug-likeness (QED) is 0.782. The molecule has 0 fully saturated rings. The molecule has 0 aliphatic rings. The third-order valence-electron chi connectivity index (χ3n) is 1.94. The zero-order chi connectivity index (χ0) is 12.1. The van der Waals surface area contributed by atoms with Gasteiger partial charge in [-0.05, 0) is 6.92 Å². The molecule has 0 aliphatic heterocycles. The maximum atomic E-state index is 11.5. The fourth-order valence-corrected chi connectivity index (χ4v) is 1.27. The van der Waals surface area contributed by atoms with E-state index in [0.29, 0.717) is 12.2 Å². The first-order chi connectivity index (χ1) is 7.60. The summed E-state index contributed by atoms with van der Waals surface area (Å²) in [5.41, 5.74) is -0.0687. The molecule has 1 aromatic heterocycles. The van der Waals surface area contributed by atoms with E-state index in [1.54, 1.807) is 6.92 Å². The molecule has 6 nitrogen and oxygen atoms in total. The van der Waals surface area contributed by atoms with Crippen molar-refractivity contribution in [1.82, 2.24) is 9.78 Å². The number of esters is 1. The number of rotatable bonds is 4. The monoisotopic (exact) mass is 245 g/mol. The van der Waals surface area contributed by atoms with E-state index >= 15 is 0 Å². The molecule has 0 saturated heterocycles. The van der Waals surface area contributed by atoms with Crippen LogP contribution < -0.4 is 10.9 Å². The van der Waals surface area contributed by atoms with E-state index in [-0.39, 0.29) is 17.1 Å². The maximum Gasteiger partial charge on any atom is 0.325 e. The first kappa shape index (κ1) is 12.5. The van der Waals surface area contributed by atoms with E-state index in [2.05, 4.69) is 15.2 Å². The number of halogens is 1. The molecule has 0 aromatic carbocycles. The van der Waals surface area contributed by atoms with E-state index in [9.17, 15) is 9.59 Å². The third kappa shape index (κ3) is 2.73. The number of aryl methyl sites for hydroxylation is 1. The number of ether oxygens (including phenoxy) is 1. The molecule has 0 bridgehead atoms. The van der Waals surface area contributed by atoms with Crippen LogP contribution in [-0.2, 0) is 16.1 Å². The smallest absolute Gasteiger partial charge is 0.325 e. The van der Waals surface area contributed by atoms with Crippen molar-refractivity contribution in [2.24, 2.45) is 0 Å². The second-order valence-corrected chi connectivity index (χ2v) is 3.30. The molecule has 0 atom stereocenters. The van der Waals surface area contributed by atoms with Gasteiger partial charge >= 0.3 is 5.97 Å². The summed E-state index contributed by atoms with van der Waals surface area (Å²) in [6, 6.07) is 0. The van der Waals surface area contributed by atoms with Gasteiger partial charge in [-0.1, -0.05) is 11.6 Å². The topological polar surface area (TPSA) is 73.2 Å². The fourth-order valence-electron chi connectivity index (χ4n) is 1.05. The lowest BCUT2D eigenvalue weighted by molar-refractivity contribution is -0.138. The Morgan fingerprint density at radius 2 is 2.38 bits per heavy atom.